The van der Waals surface area contributed by atoms with Gasteiger partial charge in [0.25, 0.3) is 5.91 Å². The van der Waals surface area contributed by atoms with E-state index in [1.807, 2.05) is 24.3 Å². The summed E-state index contributed by atoms with van der Waals surface area (Å²) in [5, 5.41) is 13.6. The summed E-state index contributed by atoms with van der Waals surface area (Å²) in [7, 11) is 0. The molecule has 0 bridgehead atoms. The molecule has 4 heterocycles. The Bertz CT molecular complexity index is 1480. The number of furan rings is 1. The van der Waals surface area contributed by atoms with Crippen molar-refractivity contribution < 1.29 is 23.9 Å². The first-order valence-corrected chi connectivity index (χ1v) is 11.0. The van der Waals surface area contributed by atoms with Crippen LogP contribution in [0, 0.1) is 6.92 Å². The van der Waals surface area contributed by atoms with Crippen molar-refractivity contribution in [3.05, 3.63) is 59.7 Å². The highest BCUT2D eigenvalue weighted by atomic mass is 16.4. The fraction of sp³-hybridized carbons (Fsp3) is 0.250. The number of carboxylic acids is 1. The fourth-order valence-corrected chi connectivity index (χ4v) is 4.47. The van der Waals surface area contributed by atoms with Crippen LogP contribution in [0.4, 0.5) is 5.82 Å². The van der Waals surface area contributed by atoms with Crippen molar-refractivity contribution in [1.82, 2.24) is 20.3 Å². The number of aromatic nitrogens is 3. The Balaban J connectivity index is 1.41. The molecular weight excluding hydrogens is 452 g/mol. The summed E-state index contributed by atoms with van der Waals surface area (Å²) in [5.41, 5.74) is 7.55. The summed E-state index contributed by atoms with van der Waals surface area (Å²) in [5.74, 6) is -1.15. The average molecular weight is 474 g/mol. The van der Waals surface area contributed by atoms with E-state index in [4.69, 9.17) is 10.2 Å². The largest absolute Gasteiger partial charge is 0.480 e. The molecule has 5 rings (SSSR count). The Hall–Kier alpha value is -4.54. The molecule has 3 aromatic heterocycles. The van der Waals surface area contributed by atoms with E-state index in [9.17, 15) is 19.5 Å². The highest BCUT2D eigenvalue weighted by molar-refractivity contribution is 6.06. The number of carbonyl (C=O) groups excluding carboxylic acids is 2. The predicted molar refractivity (Wildman–Crippen MR) is 126 cm³/mol. The number of para-hydroxylation sites is 1. The fourth-order valence-electron chi connectivity index (χ4n) is 4.47. The van der Waals surface area contributed by atoms with Gasteiger partial charge in [0.2, 0.25) is 5.91 Å². The topological polar surface area (TPSA) is 165 Å². The van der Waals surface area contributed by atoms with Crippen molar-refractivity contribution in [3.63, 3.8) is 0 Å². The molecule has 0 aliphatic carbocycles. The molecule has 1 aliphatic heterocycles. The van der Waals surface area contributed by atoms with E-state index < -0.39 is 24.0 Å². The van der Waals surface area contributed by atoms with Crippen LogP contribution in [0.3, 0.4) is 0 Å². The molecule has 0 unspecified atom stereocenters. The molecule has 0 saturated carbocycles. The molecule has 1 aliphatic rings. The van der Waals surface area contributed by atoms with Gasteiger partial charge in [-0.2, -0.15) is 0 Å². The molecule has 35 heavy (non-hydrogen) atoms. The van der Waals surface area contributed by atoms with E-state index in [-0.39, 0.29) is 31.0 Å². The van der Waals surface area contributed by atoms with Crippen molar-refractivity contribution in [2.45, 2.75) is 31.8 Å². The van der Waals surface area contributed by atoms with E-state index in [2.05, 4.69) is 20.3 Å². The first-order chi connectivity index (χ1) is 16.8. The Kier molecular flexibility index (Phi) is 5.51. The molecule has 1 saturated heterocycles. The number of nitrogens with one attached hydrogen (secondary N) is 1. The Morgan fingerprint density at radius 1 is 1.23 bits per heavy atom. The van der Waals surface area contributed by atoms with Crippen LogP contribution in [0.5, 0.6) is 0 Å². The lowest BCUT2D eigenvalue weighted by Crippen LogP contribution is -2.39. The van der Waals surface area contributed by atoms with Crippen molar-refractivity contribution in [1.29, 1.82) is 0 Å². The van der Waals surface area contributed by atoms with Crippen LogP contribution in [0.2, 0.25) is 0 Å². The number of fused-ring (bicyclic) bond motifs is 3. The first-order valence-electron chi connectivity index (χ1n) is 11.0. The lowest BCUT2D eigenvalue weighted by molar-refractivity contribution is -0.138. The van der Waals surface area contributed by atoms with Gasteiger partial charge in [0, 0.05) is 30.6 Å². The second kappa shape index (κ2) is 8.67. The number of aliphatic carboxylic acids is 1. The zero-order valence-corrected chi connectivity index (χ0v) is 18.8. The van der Waals surface area contributed by atoms with Crippen molar-refractivity contribution in [2.24, 2.45) is 5.73 Å². The van der Waals surface area contributed by atoms with Gasteiger partial charge in [-0.1, -0.05) is 12.1 Å². The first kappa shape index (κ1) is 22.3. The number of nitrogens with zero attached hydrogens (tertiary/aromatic N) is 4. The van der Waals surface area contributed by atoms with Gasteiger partial charge in [0.15, 0.2) is 11.4 Å². The molecule has 4 aromatic rings. The Labute approximate surface area is 199 Å². The van der Waals surface area contributed by atoms with Crippen LogP contribution < -0.4 is 16.0 Å². The highest BCUT2D eigenvalue weighted by Crippen LogP contribution is 2.35. The van der Waals surface area contributed by atoms with Crippen LogP contribution in [0.1, 0.15) is 28.3 Å². The number of anilines is 1. The second-order valence-electron chi connectivity index (χ2n) is 8.47. The number of hydrogen-bond donors (Lipinski definition) is 3. The average Bonchev–Trinajstić information content (AvgIpc) is 3.40. The van der Waals surface area contributed by atoms with Crippen molar-refractivity contribution in [2.75, 3.05) is 11.4 Å². The summed E-state index contributed by atoms with van der Waals surface area (Å²) in [6, 6.07) is 9.18. The van der Waals surface area contributed by atoms with Crippen molar-refractivity contribution in [3.8, 4) is 0 Å². The maximum atomic E-state index is 12.7. The van der Waals surface area contributed by atoms with Gasteiger partial charge in [-0.25, -0.2) is 14.8 Å². The van der Waals surface area contributed by atoms with E-state index in [0.717, 1.165) is 5.39 Å². The smallest absolute Gasteiger partial charge is 0.326 e. The third-order valence-corrected chi connectivity index (χ3v) is 5.98. The normalized spacial score (nSPS) is 17.7. The number of carboxylic acid groups (broad SMARTS) is 1. The van der Waals surface area contributed by atoms with Crippen LogP contribution in [-0.2, 0) is 16.0 Å². The lowest BCUT2D eigenvalue weighted by Gasteiger charge is -2.22. The highest BCUT2D eigenvalue weighted by Gasteiger charge is 2.40. The minimum Gasteiger partial charge on any atom is -0.480 e. The Morgan fingerprint density at radius 2 is 2.03 bits per heavy atom. The number of pyridine rings is 1. The van der Waals surface area contributed by atoms with Crippen LogP contribution in [-0.4, -0.2) is 56.5 Å². The SMILES string of the molecule is Cc1nc(N2C[C@@H](NC(=O)Cc3ccnc(C(N)=O)c3)C[C@H]2C(=O)O)c2oc3ccccc3c2n1. The quantitative estimate of drug-likeness (QED) is 0.376. The molecule has 0 radical (unpaired) electrons. The number of amides is 2. The number of benzene rings is 1. The minimum absolute atomic E-state index is 0.00251. The third-order valence-electron chi connectivity index (χ3n) is 5.98. The van der Waals surface area contributed by atoms with E-state index in [1.165, 1.54) is 12.3 Å². The molecule has 11 heteroatoms. The number of rotatable bonds is 6. The van der Waals surface area contributed by atoms with Crippen LogP contribution in [0.25, 0.3) is 22.1 Å². The summed E-state index contributed by atoms with van der Waals surface area (Å²) in [6.07, 6.45) is 1.60. The van der Waals surface area contributed by atoms with E-state index in [0.29, 0.717) is 33.9 Å². The monoisotopic (exact) mass is 474 g/mol. The zero-order chi connectivity index (χ0) is 24.7. The standard InChI is InChI=1S/C24H22N6O5/c1-12-27-20-15-4-2-3-5-18(15)35-21(20)23(28-12)30-11-14(10-17(30)24(33)34)29-19(31)9-13-6-7-26-16(8-13)22(25)32/h2-8,14,17H,9-11H2,1H3,(H2,25,32)(H,29,31)(H,33,34)/t14-,17-/m0/s1. The number of primary amides is 1. The van der Waals surface area contributed by atoms with Crippen LogP contribution in [0.15, 0.2) is 47.0 Å². The number of aryl methyl sites for hydroxylation is 1. The molecular formula is C24H22N6O5. The second-order valence-corrected chi connectivity index (χ2v) is 8.47. The molecule has 2 atom stereocenters. The van der Waals surface area contributed by atoms with Gasteiger partial charge in [0.1, 0.15) is 28.7 Å². The number of carbonyl (C=O) groups is 3. The van der Waals surface area contributed by atoms with Gasteiger partial charge in [-0.3, -0.25) is 14.6 Å². The maximum absolute atomic E-state index is 12.7. The summed E-state index contributed by atoms with van der Waals surface area (Å²) < 4.78 is 6.01. The number of nitrogens with two attached hydrogens (primary N) is 1. The molecule has 4 N–H and O–H groups in total. The number of hydrogen-bond acceptors (Lipinski definition) is 8. The molecule has 0 spiro atoms. The van der Waals surface area contributed by atoms with Crippen LogP contribution >= 0.6 is 0 Å². The molecule has 1 fully saturated rings. The van der Waals surface area contributed by atoms with Gasteiger partial charge >= 0.3 is 5.97 Å². The summed E-state index contributed by atoms with van der Waals surface area (Å²) >= 11 is 0. The summed E-state index contributed by atoms with van der Waals surface area (Å²) in [4.78, 5) is 50.7. The maximum Gasteiger partial charge on any atom is 0.326 e. The van der Waals surface area contributed by atoms with Gasteiger partial charge in [-0.05, 0) is 36.8 Å². The van der Waals surface area contributed by atoms with E-state index >= 15 is 0 Å². The zero-order valence-electron chi connectivity index (χ0n) is 18.8. The van der Waals surface area contributed by atoms with E-state index in [1.54, 1.807) is 17.9 Å². The van der Waals surface area contributed by atoms with Gasteiger partial charge in [0.05, 0.1) is 6.42 Å². The minimum atomic E-state index is -1.03. The molecule has 2 amide bonds. The molecule has 11 nitrogen and oxygen atoms in total. The third kappa shape index (κ3) is 4.23. The van der Waals surface area contributed by atoms with Crippen molar-refractivity contribution >= 4 is 45.7 Å². The van der Waals surface area contributed by atoms with Gasteiger partial charge < -0.3 is 25.5 Å². The summed E-state index contributed by atoms with van der Waals surface area (Å²) in [6.45, 7) is 1.97. The molecule has 1 aromatic carbocycles. The molecule has 178 valence electrons. The van der Waals surface area contributed by atoms with Gasteiger partial charge in [-0.15, -0.1) is 0 Å². The lowest BCUT2D eigenvalue weighted by atomic mass is 10.1. The predicted octanol–water partition coefficient (Wildman–Crippen LogP) is 1.57. The Morgan fingerprint density at radius 3 is 2.80 bits per heavy atom.